The Bertz CT molecular complexity index is 1610. The summed E-state index contributed by atoms with van der Waals surface area (Å²) in [5, 5.41) is 9.98. The highest BCUT2D eigenvalue weighted by atomic mass is 16.5. The Morgan fingerprint density at radius 2 is 1.94 bits per heavy atom. The number of hydrogen-bond acceptors (Lipinski definition) is 7. The summed E-state index contributed by atoms with van der Waals surface area (Å²) in [6.07, 6.45) is 13.4. The minimum Gasteiger partial charge on any atom is -0.474 e. The average molecular weight is 640 g/mol. The molecule has 3 aliphatic heterocycles. The largest absolute Gasteiger partial charge is 0.474 e. The van der Waals surface area contributed by atoms with Gasteiger partial charge in [-0.05, 0) is 121 Å². The first-order valence-corrected chi connectivity index (χ1v) is 17.5. The highest BCUT2D eigenvalue weighted by Gasteiger charge is 2.31. The molecule has 1 aromatic carbocycles. The quantitative estimate of drug-likeness (QED) is 0.186. The van der Waals surface area contributed by atoms with Crippen LogP contribution in [0.25, 0.3) is 28.4 Å². The number of fused-ring (bicyclic) bond motifs is 1. The zero-order chi connectivity index (χ0) is 33.1. The van der Waals surface area contributed by atoms with Gasteiger partial charge in [0.25, 0.3) is 0 Å². The molecule has 3 aliphatic rings. The van der Waals surface area contributed by atoms with Crippen LogP contribution in [0.15, 0.2) is 55.5 Å². The maximum Gasteiger partial charge on any atom is 0.180 e. The van der Waals surface area contributed by atoms with Gasteiger partial charge in [-0.2, -0.15) is 5.10 Å². The third-order valence-corrected chi connectivity index (χ3v) is 9.68. The first-order chi connectivity index (χ1) is 22.6. The molecule has 47 heavy (non-hydrogen) atoms. The summed E-state index contributed by atoms with van der Waals surface area (Å²) < 4.78 is 20.3. The van der Waals surface area contributed by atoms with Gasteiger partial charge in [-0.15, -0.1) is 0 Å². The molecule has 2 unspecified atom stereocenters. The van der Waals surface area contributed by atoms with Crippen molar-refractivity contribution in [3.63, 3.8) is 0 Å². The van der Waals surface area contributed by atoms with Crippen molar-refractivity contribution in [1.29, 1.82) is 0 Å². The molecule has 2 aromatic heterocycles. The van der Waals surface area contributed by atoms with Crippen molar-refractivity contribution in [2.45, 2.75) is 109 Å². The van der Waals surface area contributed by atoms with Crippen molar-refractivity contribution in [2.24, 2.45) is 0 Å². The van der Waals surface area contributed by atoms with Crippen LogP contribution < -0.4 is 10.2 Å². The van der Waals surface area contributed by atoms with Gasteiger partial charge in [-0.1, -0.05) is 30.9 Å². The van der Waals surface area contributed by atoms with Crippen LogP contribution in [0.4, 0.5) is 5.82 Å². The summed E-state index contributed by atoms with van der Waals surface area (Å²) in [7, 11) is 0. The number of benzene rings is 1. The Morgan fingerprint density at radius 3 is 2.66 bits per heavy atom. The van der Waals surface area contributed by atoms with Gasteiger partial charge in [-0.25, -0.2) is 9.67 Å². The molecule has 0 amide bonds. The Labute approximate surface area is 280 Å². The van der Waals surface area contributed by atoms with Gasteiger partial charge in [0.1, 0.15) is 17.1 Å². The second kappa shape index (κ2) is 14.2. The number of allylic oxidation sites excluding steroid dienone is 2. The second-order valence-electron chi connectivity index (χ2n) is 14.5. The summed E-state index contributed by atoms with van der Waals surface area (Å²) in [5.41, 5.74) is 6.11. The summed E-state index contributed by atoms with van der Waals surface area (Å²) in [6, 6.07) is 9.54. The molecule has 6 rings (SSSR count). The maximum absolute atomic E-state index is 6.28. The molecule has 0 radical (unpaired) electrons. The molecule has 3 fully saturated rings. The van der Waals surface area contributed by atoms with Crippen LogP contribution in [0.5, 0.6) is 0 Å². The van der Waals surface area contributed by atoms with E-state index in [-0.39, 0.29) is 17.9 Å². The van der Waals surface area contributed by atoms with Crippen molar-refractivity contribution in [2.75, 3.05) is 31.3 Å². The van der Waals surface area contributed by atoms with Crippen molar-refractivity contribution in [3.8, 4) is 11.4 Å². The first-order valence-electron chi connectivity index (χ1n) is 17.5. The topological polar surface area (TPSA) is 73.7 Å². The summed E-state index contributed by atoms with van der Waals surface area (Å²) in [5.74, 6) is 1.99. The molecular formula is C39H53N5O3. The molecule has 8 heteroatoms. The number of anilines is 1. The van der Waals surface area contributed by atoms with E-state index in [9.17, 15) is 0 Å². The third-order valence-electron chi connectivity index (χ3n) is 9.68. The Kier molecular flexibility index (Phi) is 10.1. The van der Waals surface area contributed by atoms with Crippen molar-refractivity contribution < 1.29 is 14.2 Å². The van der Waals surface area contributed by atoms with E-state index in [0.717, 1.165) is 111 Å². The number of ether oxygens (including phenoxy) is 3. The van der Waals surface area contributed by atoms with E-state index >= 15 is 0 Å². The van der Waals surface area contributed by atoms with Crippen molar-refractivity contribution >= 4 is 22.8 Å². The van der Waals surface area contributed by atoms with Gasteiger partial charge < -0.3 is 24.4 Å². The van der Waals surface area contributed by atoms with Crippen LogP contribution in [0, 0.1) is 6.92 Å². The normalized spacial score (nSPS) is 24.1. The zero-order valence-electron chi connectivity index (χ0n) is 29.1. The monoisotopic (exact) mass is 639 g/mol. The van der Waals surface area contributed by atoms with Gasteiger partial charge in [0.15, 0.2) is 12.1 Å². The summed E-state index contributed by atoms with van der Waals surface area (Å²) in [4.78, 5) is 7.90. The Hall–Kier alpha value is -3.62. The number of pyridine rings is 1. The first kappa shape index (κ1) is 33.3. The maximum atomic E-state index is 6.28. The van der Waals surface area contributed by atoms with Crippen LogP contribution in [0.2, 0.25) is 0 Å². The number of nitrogens with zero attached hydrogens (tertiary/aromatic N) is 4. The molecule has 1 N–H and O–H groups in total. The van der Waals surface area contributed by atoms with E-state index in [1.807, 2.05) is 32.9 Å². The highest BCUT2D eigenvalue weighted by molar-refractivity contribution is 5.94. The standard InChI is InChI=1S/C39H53N5O3/c1-8-9-13-29-23-34(41-38(27(29)3)43-24-32(18-16-26(43)2)40-28(4)47-39(5,6)7)37-33-22-30(31-14-12-20-45-25-31)17-19-35(33)44(42-37)36-15-10-11-21-46-36/h8-9,13,17,19,22-23,26,31-32,36,40H,1,4,10-12,14-16,18,20-21,24-25H2,2-3,5-7H3/b13-9-/t26-,31?,32+,36?/m0/s1. The predicted octanol–water partition coefficient (Wildman–Crippen LogP) is 8.43. The fraction of sp³-hybridized carbons (Fsp3) is 0.538. The highest BCUT2D eigenvalue weighted by Crippen LogP contribution is 2.38. The van der Waals surface area contributed by atoms with Gasteiger partial charge in [0, 0.05) is 43.1 Å². The minimum atomic E-state index is -0.302. The van der Waals surface area contributed by atoms with E-state index < -0.39 is 0 Å². The van der Waals surface area contributed by atoms with Crippen molar-refractivity contribution in [3.05, 3.63) is 72.1 Å². The van der Waals surface area contributed by atoms with Crippen LogP contribution in [-0.2, 0) is 14.2 Å². The number of piperidine rings is 1. The SMILES string of the molecule is C=C/C=C\c1cc(-c2nn(C3CCCCO3)c3ccc(C4CCCOC4)cc23)nc(N2C[C@H](NC(=C)OC(C)(C)C)CC[C@@H]2C)c1C. The van der Waals surface area contributed by atoms with Gasteiger partial charge in [0.2, 0.25) is 0 Å². The molecule has 3 aromatic rings. The number of aromatic nitrogens is 3. The molecule has 0 spiro atoms. The number of hydrogen-bond donors (Lipinski definition) is 1. The molecule has 0 bridgehead atoms. The lowest BCUT2D eigenvalue weighted by Gasteiger charge is -2.41. The molecule has 8 nitrogen and oxygen atoms in total. The van der Waals surface area contributed by atoms with E-state index in [1.54, 1.807) is 0 Å². The van der Waals surface area contributed by atoms with Crippen molar-refractivity contribution in [1.82, 2.24) is 20.1 Å². The Balaban J connectivity index is 1.44. The van der Waals surface area contributed by atoms with Crippen LogP contribution >= 0.6 is 0 Å². The molecule has 4 atom stereocenters. The average Bonchev–Trinajstić information content (AvgIpc) is 3.44. The molecule has 3 saturated heterocycles. The van der Waals surface area contributed by atoms with E-state index in [0.29, 0.717) is 17.8 Å². The van der Waals surface area contributed by atoms with E-state index in [2.05, 4.69) is 72.2 Å². The molecular weight excluding hydrogens is 586 g/mol. The van der Waals surface area contributed by atoms with Gasteiger partial charge in [0.05, 0.1) is 17.8 Å². The van der Waals surface area contributed by atoms with Crippen LogP contribution in [-0.4, -0.2) is 58.8 Å². The van der Waals surface area contributed by atoms with E-state index in [1.165, 1.54) is 5.56 Å². The Morgan fingerprint density at radius 1 is 1.09 bits per heavy atom. The summed E-state index contributed by atoms with van der Waals surface area (Å²) in [6.45, 7) is 21.9. The molecule has 5 heterocycles. The zero-order valence-corrected chi connectivity index (χ0v) is 29.1. The van der Waals surface area contributed by atoms with E-state index in [4.69, 9.17) is 24.3 Å². The molecule has 0 saturated carbocycles. The molecule has 0 aliphatic carbocycles. The van der Waals surface area contributed by atoms with Gasteiger partial charge >= 0.3 is 0 Å². The number of nitrogens with one attached hydrogen (secondary N) is 1. The number of rotatable bonds is 9. The molecule has 252 valence electrons. The second-order valence-corrected chi connectivity index (χ2v) is 14.5. The fourth-order valence-corrected chi connectivity index (χ4v) is 7.25. The van der Waals surface area contributed by atoms with Crippen LogP contribution in [0.1, 0.15) is 101 Å². The predicted molar refractivity (Wildman–Crippen MR) is 192 cm³/mol. The minimum absolute atomic E-state index is 0.0775. The third kappa shape index (κ3) is 7.60. The summed E-state index contributed by atoms with van der Waals surface area (Å²) >= 11 is 0. The lowest BCUT2D eigenvalue weighted by molar-refractivity contribution is -0.0365. The lowest BCUT2D eigenvalue weighted by Crippen LogP contribution is -2.50. The fourth-order valence-electron chi connectivity index (χ4n) is 7.25. The smallest absolute Gasteiger partial charge is 0.180 e. The van der Waals surface area contributed by atoms with Gasteiger partial charge in [-0.3, -0.25) is 0 Å². The lowest BCUT2D eigenvalue weighted by atomic mass is 9.92. The van der Waals surface area contributed by atoms with Crippen LogP contribution in [0.3, 0.4) is 0 Å².